The molecule has 4 N–H and O–H groups in total. The van der Waals surface area contributed by atoms with Crippen LogP contribution in [0.4, 0.5) is 11.4 Å². The van der Waals surface area contributed by atoms with E-state index in [0.29, 0.717) is 18.2 Å². The molecule has 1 fully saturated rings. The highest BCUT2D eigenvalue weighted by molar-refractivity contribution is 5.93. The van der Waals surface area contributed by atoms with Crippen molar-refractivity contribution < 1.29 is 9.90 Å². The average Bonchev–Trinajstić information content (AvgIpc) is 2.42. The van der Waals surface area contributed by atoms with Gasteiger partial charge in [-0.3, -0.25) is 9.69 Å². The lowest BCUT2D eigenvalue weighted by Crippen LogP contribution is -2.41. The number of aliphatic hydroxyl groups excluding tert-OH is 1. The van der Waals surface area contributed by atoms with Crippen molar-refractivity contribution in [3.63, 3.8) is 0 Å². The molecular weight excluding hydrogens is 254 g/mol. The monoisotopic (exact) mass is 277 g/mol. The van der Waals surface area contributed by atoms with Crippen LogP contribution in [0, 0.1) is 12.8 Å². The van der Waals surface area contributed by atoms with E-state index in [9.17, 15) is 9.90 Å². The van der Waals surface area contributed by atoms with Gasteiger partial charge >= 0.3 is 0 Å². The highest BCUT2D eigenvalue weighted by atomic mass is 16.3. The van der Waals surface area contributed by atoms with Gasteiger partial charge in [0.2, 0.25) is 5.91 Å². The van der Waals surface area contributed by atoms with E-state index >= 15 is 0 Å². The smallest absolute Gasteiger partial charge is 0.238 e. The van der Waals surface area contributed by atoms with Gasteiger partial charge in [0.1, 0.15) is 0 Å². The number of nitrogens with zero attached hydrogens (tertiary/aromatic N) is 1. The Morgan fingerprint density at radius 2 is 2.35 bits per heavy atom. The second-order valence-electron chi connectivity index (χ2n) is 5.55. The van der Waals surface area contributed by atoms with E-state index < -0.39 is 0 Å². The molecule has 0 saturated carbocycles. The maximum Gasteiger partial charge on any atom is 0.238 e. The third-order valence-corrected chi connectivity index (χ3v) is 3.75. The molecule has 5 nitrogen and oxygen atoms in total. The molecule has 1 aliphatic heterocycles. The molecule has 0 aromatic heterocycles. The number of hydrogen-bond donors (Lipinski definition) is 3. The molecule has 0 radical (unpaired) electrons. The molecule has 1 heterocycles. The molecule has 20 heavy (non-hydrogen) atoms. The van der Waals surface area contributed by atoms with Crippen LogP contribution in [-0.2, 0) is 4.79 Å². The minimum Gasteiger partial charge on any atom is -0.399 e. The minimum absolute atomic E-state index is 0.0172. The van der Waals surface area contributed by atoms with Crippen molar-refractivity contribution in [1.82, 2.24) is 4.90 Å². The first-order chi connectivity index (χ1) is 9.58. The number of nitrogens with one attached hydrogen (secondary N) is 1. The van der Waals surface area contributed by atoms with Crippen LogP contribution in [-0.4, -0.2) is 42.2 Å². The highest BCUT2D eigenvalue weighted by Crippen LogP contribution is 2.18. The van der Waals surface area contributed by atoms with Crippen LogP contribution in [0.25, 0.3) is 0 Å². The van der Waals surface area contributed by atoms with Gasteiger partial charge in [0.25, 0.3) is 0 Å². The summed E-state index contributed by atoms with van der Waals surface area (Å²) >= 11 is 0. The first kappa shape index (κ1) is 14.8. The van der Waals surface area contributed by atoms with E-state index in [1.54, 1.807) is 6.07 Å². The van der Waals surface area contributed by atoms with Crippen LogP contribution in [0.15, 0.2) is 18.2 Å². The van der Waals surface area contributed by atoms with Crippen molar-refractivity contribution in [2.24, 2.45) is 5.92 Å². The molecule has 5 heteroatoms. The zero-order valence-electron chi connectivity index (χ0n) is 11.9. The molecule has 1 aromatic rings. The summed E-state index contributed by atoms with van der Waals surface area (Å²) in [6, 6.07) is 5.46. The Labute approximate surface area is 119 Å². The molecule has 110 valence electrons. The van der Waals surface area contributed by atoms with Crippen LogP contribution in [0.3, 0.4) is 0 Å². The SMILES string of the molecule is Cc1cc(N)ccc1NC(=O)CN1CCCC(CO)C1. The second kappa shape index (κ2) is 6.72. The summed E-state index contributed by atoms with van der Waals surface area (Å²) in [5, 5.41) is 12.1. The minimum atomic E-state index is -0.0172. The summed E-state index contributed by atoms with van der Waals surface area (Å²) in [5.41, 5.74) is 8.16. The normalized spacial score (nSPS) is 19.8. The quantitative estimate of drug-likeness (QED) is 0.723. The summed E-state index contributed by atoms with van der Waals surface area (Å²) < 4.78 is 0. The topological polar surface area (TPSA) is 78.6 Å². The molecule has 1 saturated heterocycles. The number of hydrogen-bond acceptors (Lipinski definition) is 4. The van der Waals surface area contributed by atoms with Gasteiger partial charge < -0.3 is 16.2 Å². The van der Waals surface area contributed by atoms with Crippen molar-refractivity contribution >= 4 is 17.3 Å². The molecule has 1 atom stereocenters. The number of aryl methyl sites for hydroxylation is 1. The zero-order valence-corrected chi connectivity index (χ0v) is 11.9. The van der Waals surface area contributed by atoms with E-state index in [4.69, 9.17) is 5.73 Å². The lowest BCUT2D eigenvalue weighted by atomic mass is 9.99. The number of piperidine rings is 1. The van der Waals surface area contributed by atoms with E-state index in [1.165, 1.54) is 0 Å². The molecule has 0 spiro atoms. The summed E-state index contributed by atoms with van der Waals surface area (Å²) in [4.78, 5) is 14.2. The number of nitrogen functional groups attached to an aromatic ring is 1. The third-order valence-electron chi connectivity index (χ3n) is 3.75. The Bertz CT molecular complexity index is 476. The van der Waals surface area contributed by atoms with Crippen LogP contribution >= 0.6 is 0 Å². The van der Waals surface area contributed by atoms with E-state index in [2.05, 4.69) is 10.2 Å². The summed E-state index contributed by atoms with van der Waals surface area (Å²) in [5.74, 6) is 0.284. The van der Waals surface area contributed by atoms with Gasteiger partial charge in [0, 0.05) is 24.5 Å². The Balaban J connectivity index is 1.88. The first-order valence-electron chi connectivity index (χ1n) is 7.07. The average molecular weight is 277 g/mol. The molecule has 1 aliphatic rings. The standard InChI is InChI=1S/C15H23N3O2/c1-11-7-13(16)4-5-14(11)17-15(20)9-18-6-2-3-12(8-18)10-19/h4-5,7,12,19H,2-3,6,8-10,16H2,1H3,(H,17,20). The largest absolute Gasteiger partial charge is 0.399 e. The fourth-order valence-corrected chi connectivity index (χ4v) is 2.66. The van der Waals surface area contributed by atoms with Crippen molar-refractivity contribution in [3.05, 3.63) is 23.8 Å². The Morgan fingerprint density at radius 1 is 1.55 bits per heavy atom. The maximum atomic E-state index is 12.1. The number of amides is 1. The molecule has 0 aliphatic carbocycles. The van der Waals surface area contributed by atoms with Gasteiger partial charge in [-0.05, 0) is 56.0 Å². The van der Waals surface area contributed by atoms with Gasteiger partial charge in [-0.1, -0.05) is 0 Å². The summed E-state index contributed by atoms with van der Waals surface area (Å²) in [6.07, 6.45) is 2.09. The van der Waals surface area contributed by atoms with Crippen molar-refractivity contribution in [2.45, 2.75) is 19.8 Å². The lowest BCUT2D eigenvalue weighted by molar-refractivity contribution is -0.117. The second-order valence-corrected chi connectivity index (χ2v) is 5.55. The number of carbonyl (C=O) groups is 1. The number of nitrogens with two attached hydrogens (primary N) is 1. The van der Waals surface area contributed by atoms with Crippen molar-refractivity contribution in [1.29, 1.82) is 0 Å². The predicted octanol–water partition coefficient (Wildman–Crippen LogP) is 1.22. The first-order valence-corrected chi connectivity index (χ1v) is 7.07. The number of anilines is 2. The van der Waals surface area contributed by atoms with E-state index in [-0.39, 0.29) is 12.5 Å². The molecule has 1 unspecified atom stereocenters. The van der Waals surface area contributed by atoms with E-state index in [0.717, 1.165) is 37.2 Å². The fourth-order valence-electron chi connectivity index (χ4n) is 2.66. The van der Waals surface area contributed by atoms with Gasteiger partial charge in [0.05, 0.1) is 6.54 Å². The van der Waals surface area contributed by atoms with Crippen LogP contribution in [0.2, 0.25) is 0 Å². The number of carbonyl (C=O) groups excluding carboxylic acids is 1. The molecular formula is C15H23N3O2. The van der Waals surface area contributed by atoms with E-state index in [1.807, 2.05) is 19.1 Å². The third kappa shape index (κ3) is 3.95. The number of likely N-dealkylation sites (tertiary alicyclic amines) is 1. The Morgan fingerprint density at radius 3 is 3.05 bits per heavy atom. The summed E-state index contributed by atoms with van der Waals surface area (Å²) in [6.45, 7) is 4.22. The van der Waals surface area contributed by atoms with Crippen molar-refractivity contribution in [2.75, 3.05) is 37.3 Å². The molecule has 2 rings (SSSR count). The molecule has 1 amide bonds. The number of aliphatic hydroxyl groups is 1. The van der Waals surface area contributed by atoms with Gasteiger partial charge in [0.15, 0.2) is 0 Å². The lowest BCUT2D eigenvalue weighted by Gasteiger charge is -2.31. The number of benzene rings is 1. The highest BCUT2D eigenvalue weighted by Gasteiger charge is 2.21. The Kier molecular flexibility index (Phi) is 4.98. The Hall–Kier alpha value is -1.59. The van der Waals surface area contributed by atoms with Crippen LogP contribution in [0.1, 0.15) is 18.4 Å². The van der Waals surface area contributed by atoms with Gasteiger partial charge in [-0.2, -0.15) is 0 Å². The van der Waals surface area contributed by atoms with Gasteiger partial charge in [-0.25, -0.2) is 0 Å². The maximum absolute atomic E-state index is 12.1. The van der Waals surface area contributed by atoms with Gasteiger partial charge in [-0.15, -0.1) is 0 Å². The molecule has 1 aromatic carbocycles. The fraction of sp³-hybridized carbons (Fsp3) is 0.533. The molecule has 0 bridgehead atoms. The number of rotatable bonds is 4. The van der Waals surface area contributed by atoms with Crippen molar-refractivity contribution in [3.8, 4) is 0 Å². The van der Waals surface area contributed by atoms with Crippen LogP contribution < -0.4 is 11.1 Å². The predicted molar refractivity (Wildman–Crippen MR) is 80.5 cm³/mol. The van der Waals surface area contributed by atoms with Crippen LogP contribution in [0.5, 0.6) is 0 Å². The summed E-state index contributed by atoms with van der Waals surface area (Å²) in [7, 11) is 0. The zero-order chi connectivity index (χ0) is 14.5.